The number of hydrogen-bond donors (Lipinski definition) is 2. The first kappa shape index (κ1) is 13.8. The van der Waals surface area contributed by atoms with Crippen molar-refractivity contribution < 1.29 is 9.53 Å². The highest BCUT2D eigenvalue weighted by Crippen LogP contribution is 2.18. The maximum absolute atomic E-state index is 11.3. The van der Waals surface area contributed by atoms with Crippen LogP contribution in [0.5, 0.6) is 0 Å². The molecule has 0 aliphatic carbocycles. The number of nitrogens with zero attached hydrogens (tertiary/aromatic N) is 1. The van der Waals surface area contributed by atoms with E-state index in [2.05, 4.69) is 10.2 Å². The summed E-state index contributed by atoms with van der Waals surface area (Å²) in [4.78, 5) is 13.6. The van der Waals surface area contributed by atoms with Crippen molar-refractivity contribution >= 4 is 17.2 Å². The molecule has 1 fully saturated rings. The zero-order valence-electron chi connectivity index (χ0n) is 11.3. The van der Waals surface area contributed by atoms with Crippen molar-refractivity contribution in [2.75, 3.05) is 50.4 Å². The molecule has 19 heavy (non-hydrogen) atoms. The highest BCUT2D eigenvalue weighted by molar-refractivity contribution is 5.99. The number of Topliss-reactive ketones (excluding diaryl/α,β-unsaturated/α-hetero) is 1. The number of nitrogens with one attached hydrogen (secondary N) is 1. The van der Waals surface area contributed by atoms with Crippen molar-refractivity contribution in [1.29, 1.82) is 0 Å². The molecule has 0 amide bonds. The van der Waals surface area contributed by atoms with Gasteiger partial charge in [0, 0.05) is 43.1 Å². The van der Waals surface area contributed by atoms with Crippen LogP contribution >= 0.6 is 0 Å². The first-order chi connectivity index (χ1) is 9.16. The molecule has 0 aromatic heterocycles. The number of morpholine rings is 1. The SMILES string of the molecule is CC(=O)c1ccc(NCCN2CCOCC2)cc1N. The van der Waals surface area contributed by atoms with Gasteiger partial charge < -0.3 is 15.8 Å². The van der Waals surface area contributed by atoms with Gasteiger partial charge in [0.2, 0.25) is 0 Å². The van der Waals surface area contributed by atoms with E-state index < -0.39 is 0 Å². The summed E-state index contributed by atoms with van der Waals surface area (Å²) in [6.07, 6.45) is 0. The number of anilines is 2. The first-order valence-electron chi connectivity index (χ1n) is 6.61. The molecule has 5 heteroatoms. The summed E-state index contributed by atoms with van der Waals surface area (Å²) in [7, 11) is 0. The number of nitrogens with two attached hydrogens (primary N) is 1. The van der Waals surface area contributed by atoms with Gasteiger partial charge in [-0.2, -0.15) is 0 Å². The smallest absolute Gasteiger partial charge is 0.161 e. The second kappa shape index (κ2) is 6.54. The lowest BCUT2D eigenvalue weighted by Crippen LogP contribution is -2.39. The van der Waals surface area contributed by atoms with E-state index in [0.717, 1.165) is 45.1 Å². The molecular formula is C14H21N3O2. The lowest BCUT2D eigenvalue weighted by Gasteiger charge is -2.26. The predicted molar refractivity (Wildman–Crippen MR) is 76.6 cm³/mol. The minimum absolute atomic E-state index is 0.00244. The molecule has 0 bridgehead atoms. The van der Waals surface area contributed by atoms with Gasteiger partial charge in [-0.05, 0) is 25.1 Å². The van der Waals surface area contributed by atoms with Gasteiger partial charge in [-0.15, -0.1) is 0 Å². The van der Waals surface area contributed by atoms with Crippen molar-refractivity contribution in [2.45, 2.75) is 6.92 Å². The number of ketones is 1. The summed E-state index contributed by atoms with van der Waals surface area (Å²) in [5.74, 6) is -0.00244. The van der Waals surface area contributed by atoms with E-state index in [4.69, 9.17) is 10.5 Å². The molecule has 0 radical (unpaired) electrons. The molecule has 5 nitrogen and oxygen atoms in total. The fourth-order valence-electron chi connectivity index (χ4n) is 2.18. The fourth-order valence-corrected chi connectivity index (χ4v) is 2.18. The van der Waals surface area contributed by atoms with Crippen LogP contribution in [0.1, 0.15) is 17.3 Å². The molecule has 1 aromatic rings. The number of benzene rings is 1. The van der Waals surface area contributed by atoms with Crippen LogP contribution < -0.4 is 11.1 Å². The van der Waals surface area contributed by atoms with Crippen molar-refractivity contribution in [3.63, 3.8) is 0 Å². The van der Waals surface area contributed by atoms with Gasteiger partial charge in [-0.1, -0.05) is 0 Å². The number of nitrogen functional groups attached to an aromatic ring is 1. The second-order valence-corrected chi connectivity index (χ2v) is 4.74. The predicted octanol–water partition coefficient (Wildman–Crippen LogP) is 1.22. The summed E-state index contributed by atoms with van der Waals surface area (Å²) in [6.45, 7) is 6.99. The Balaban J connectivity index is 1.82. The van der Waals surface area contributed by atoms with Crippen LogP contribution in [0.15, 0.2) is 18.2 Å². The largest absolute Gasteiger partial charge is 0.398 e. The Bertz CT molecular complexity index is 442. The van der Waals surface area contributed by atoms with Crippen LogP contribution in [-0.2, 0) is 4.74 Å². The molecule has 1 saturated heterocycles. The lowest BCUT2D eigenvalue weighted by atomic mass is 10.1. The van der Waals surface area contributed by atoms with Crippen molar-refractivity contribution in [3.8, 4) is 0 Å². The monoisotopic (exact) mass is 263 g/mol. The normalized spacial score (nSPS) is 16.3. The Kier molecular flexibility index (Phi) is 4.76. The van der Waals surface area contributed by atoms with Crippen molar-refractivity contribution in [1.82, 2.24) is 4.90 Å². The molecule has 0 unspecified atom stereocenters. The highest BCUT2D eigenvalue weighted by Gasteiger charge is 2.09. The van der Waals surface area contributed by atoms with Crippen LogP contribution in [0, 0.1) is 0 Å². The Morgan fingerprint density at radius 2 is 2.16 bits per heavy atom. The van der Waals surface area contributed by atoms with E-state index in [1.54, 1.807) is 6.07 Å². The quantitative estimate of drug-likeness (QED) is 0.617. The van der Waals surface area contributed by atoms with Crippen LogP contribution in [0.4, 0.5) is 11.4 Å². The average Bonchev–Trinajstić information content (AvgIpc) is 2.39. The number of carbonyl (C=O) groups is 1. The van der Waals surface area contributed by atoms with Gasteiger partial charge in [0.05, 0.1) is 13.2 Å². The lowest BCUT2D eigenvalue weighted by molar-refractivity contribution is 0.0398. The van der Waals surface area contributed by atoms with Gasteiger partial charge >= 0.3 is 0 Å². The van der Waals surface area contributed by atoms with Gasteiger partial charge in [0.25, 0.3) is 0 Å². The average molecular weight is 263 g/mol. The zero-order chi connectivity index (χ0) is 13.7. The Hall–Kier alpha value is -1.59. The number of carbonyl (C=O) groups excluding carboxylic acids is 1. The molecule has 3 N–H and O–H groups in total. The maximum atomic E-state index is 11.3. The Morgan fingerprint density at radius 1 is 1.42 bits per heavy atom. The third-order valence-electron chi connectivity index (χ3n) is 3.29. The standard InChI is InChI=1S/C14H21N3O2/c1-11(18)13-3-2-12(10-14(13)15)16-4-5-17-6-8-19-9-7-17/h2-3,10,16H,4-9,15H2,1H3. The molecule has 0 saturated carbocycles. The Morgan fingerprint density at radius 3 is 2.79 bits per heavy atom. The molecule has 0 spiro atoms. The second-order valence-electron chi connectivity index (χ2n) is 4.74. The van der Waals surface area contributed by atoms with Gasteiger partial charge in [0.1, 0.15) is 0 Å². The summed E-state index contributed by atoms with van der Waals surface area (Å²) in [5.41, 5.74) is 7.92. The van der Waals surface area contributed by atoms with E-state index in [0.29, 0.717) is 11.3 Å². The summed E-state index contributed by atoms with van der Waals surface area (Å²) < 4.78 is 5.31. The van der Waals surface area contributed by atoms with E-state index >= 15 is 0 Å². The van der Waals surface area contributed by atoms with Gasteiger partial charge in [-0.25, -0.2) is 0 Å². The molecule has 0 atom stereocenters. The highest BCUT2D eigenvalue weighted by atomic mass is 16.5. The molecule has 1 aliphatic rings. The third kappa shape index (κ3) is 3.94. The van der Waals surface area contributed by atoms with Crippen molar-refractivity contribution in [2.24, 2.45) is 0 Å². The molecule has 1 heterocycles. The van der Waals surface area contributed by atoms with E-state index in [-0.39, 0.29) is 5.78 Å². The molecular weight excluding hydrogens is 242 g/mol. The number of ether oxygens (including phenoxy) is 1. The zero-order valence-corrected chi connectivity index (χ0v) is 11.3. The molecule has 1 aromatic carbocycles. The van der Waals surface area contributed by atoms with Crippen LogP contribution in [0.25, 0.3) is 0 Å². The summed E-state index contributed by atoms with van der Waals surface area (Å²) in [5, 5.41) is 3.33. The number of rotatable bonds is 5. The topological polar surface area (TPSA) is 67.6 Å². The van der Waals surface area contributed by atoms with E-state index in [1.807, 2.05) is 12.1 Å². The minimum Gasteiger partial charge on any atom is -0.398 e. The Labute approximate surface area is 113 Å². The van der Waals surface area contributed by atoms with Gasteiger partial charge in [0.15, 0.2) is 5.78 Å². The summed E-state index contributed by atoms with van der Waals surface area (Å²) in [6, 6.07) is 5.48. The van der Waals surface area contributed by atoms with E-state index in [9.17, 15) is 4.79 Å². The van der Waals surface area contributed by atoms with Gasteiger partial charge in [-0.3, -0.25) is 9.69 Å². The fraction of sp³-hybridized carbons (Fsp3) is 0.500. The first-order valence-corrected chi connectivity index (χ1v) is 6.61. The molecule has 2 rings (SSSR count). The minimum atomic E-state index is -0.00244. The molecule has 1 aliphatic heterocycles. The van der Waals surface area contributed by atoms with E-state index in [1.165, 1.54) is 6.92 Å². The third-order valence-corrected chi connectivity index (χ3v) is 3.29. The molecule has 104 valence electrons. The van der Waals surface area contributed by atoms with Crippen LogP contribution in [0.2, 0.25) is 0 Å². The maximum Gasteiger partial charge on any atom is 0.161 e. The van der Waals surface area contributed by atoms with Crippen LogP contribution in [0.3, 0.4) is 0 Å². The van der Waals surface area contributed by atoms with Crippen molar-refractivity contribution in [3.05, 3.63) is 23.8 Å². The summed E-state index contributed by atoms with van der Waals surface area (Å²) >= 11 is 0. The van der Waals surface area contributed by atoms with Crippen LogP contribution in [-0.4, -0.2) is 50.1 Å². The number of hydrogen-bond acceptors (Lipinski definition) is 5.